The fraction of sp³-hybridized carbons (Fsp3) is 0.526. The molecule has 28 heavy (non-hydrogen) atoms. The van der Waals surface area contributed by atoms with Gasteiger partial charge in [-0.05, 0) is 49.1 Å². The molecule has 1 aromatic rings. The normalized spacial score (nSPS) is 13.1. The van der Waals surface area contributed by atoms with Gasteiger partial charge in [0.05, 0.1) is 0 Å². The Labute approximate surface area is 167 Å². The van der Waals surface area contributed by atoms with Crippen molar-refractivity contribution in [2.24, 2.45) is 0 Å². The minimum atomic E-state index is -2.44. The van der Waals surface area contributed by atoms with Gasteiger partial charge in [-0.25, -0.2) is 4.21 Å². The Kier molecular flexibility index (Phi) is 10.6. The number of carboxylic acids is 1. The Morgan fingerprint density at radius 3 is 2.32 bits per heavy atom. The first-order chi connectivity index (χ1) is 13.3. The van der Waals surface area contributed by atoms with E-state index >= 15 is 0 Å². The number of benzene rings is 1. The molecule has 0 amide bonds. The first-order valence-electron chi connectivity index (χ1n) is 9.29. The van der Waals surface area contributed by atoms with Crippen molar-refractivity contribution in [1.29, 1.82) is 5.41 Å². The SMILES string of the molecule is CCCC(=N)c1ccc(OC(=O)CCCN(C(CCC)C(=O)O)S(=O)O)cc1. The average Bonchev–Trinajstić information content (AvgIpc) is 2.64. The van der Waals surface area contributed by atoms with Crippen LogP contribution in [-0.2, 0) is 20.9 Å². The second-order valence-corrected chi connectivity index (χ2v) is 7.28. The molecule has 0 aliphatic carbocycles. The summed E-state index contributed by atoms with van der Waals surface area (Å²) in [5.74, 6) is -1.32. The number of hydrogen-bond donors (Lipinski definition) is 3. The van der Waals surface area contributed by atoms with Gasteiger partial charge < -0.3 is 15.3 Å². The third-order valence-corrected chi connectivity index (χ3v) is 4.93. The highest BCUT2D eigenvalue weighted by atomic mass is 32.2. The van der Waals surface area contributed by atoms with Crippen molar-refractivity contribution < 1.29 is 28.2 Å². The van der Waals surface area contributed by atoms with E-state index in [1.807, 2.05) is 6.92 Å². The summed E-state index contributed by atoms with van der Waals surface area (Å²) in [4.78, 5) is 23.3. The number of rotatable bonds is 13. The molecular weight excluding hydrogens is 384 g/mol. The van der Waals surface area contributed by atoms with Gasteiger partial charge in [-0.1, -0.05) is 26.7 Å². The van der Waals surface area contributed by atoms with Gasteiger partial charge in [0.1, 0.15) is 11.8 Å². The number of carboxylic acid groups (broad SMARTS) is 1. The molecular formula is C19H28N2O6S. The molecule has 0 radical (unpaired) electrons. The van der Waals surface area contributed by atoms with E-state index in [4.69, 9.17) is 10.1 Å². The predicted octanol–water partition coefficient (Wildman–Crippen LogP) is 3.23. The maximum atomic E-state index is 12.0. The van der Waals surface area contributed by atoms with Gasteiger partial charge in [0.15, 0.2) is 0 Å². The number of nitrogens with one attached hydrogen (secondary N) is 1. The minimum Gasteiger partial charge on any atom is -0.480 e. The number of carbonyl (C=O) groups excluding carboxylic acids is 1. The lowest BCUT2D eigenvalue weighted by Crippen LogP contribution is -2.42. The van der Waals surface area contributed by atoms with Crippen molar-refractivity contribution in [2.45, 2.75) is 58.4 Å². The van der Waals surface area contributed by atoms with Gasteiger partial charge in [-0.2, -0.15) is 4.31 Å². The summed E-state index contributed by atoms with van der Waals surface area (Å²) < 4.78 is 27.0. The van der Waals surface area contributed by atoms with Crippen LogP contribution in [0.1, 0.15) is 57.9 Å². The van der Waals surface area contributed by atoms with Crippen LogP contribution in [0.4, 0.5) is 0 Å². The molecule has 3 N–H and O–H groups in total. The van der Waals surface area contributed by atoms with Gasteiger partial charge in [-0.3, -0.25) is 14.1 Å². The highest BCUT2D eigenvalue weighted by molar-refractivity contribution is 7.76. The van der Waals surface area contributed by atoms with Gasteiger partial charge in [-0.15, -0.1) is 0 Å². The van der Waals surface area contributed by atoms with Crippen molar-refractivity contribution in [3.05, 3.63) is 29.8 Å². The lowest BCUT2D eigenvalue weighted by atomic mass is 10.1. The molecule has 1 aromatic carbocycles. The van der Waals surface area contributed by atoms with Crippen LogP contribution in [0.25, 0.3) is 0 Å². The molecule has 0 heterocycles. The zero-order chi connectivity index (χ0) is 21.1. The Morgan fingerprint density at radius 2 is 1.82 bits per heavy atom. The second-order valence-electron chi connectivity index (χ2n) is 6.34. The first-order valence-corrected chi connectivity index (χ1v) is 10.3. The molecule has 1 rings (SSSR count). The highest BCUT2D eigenvalue weighted by Gasteiger charge is 2.28. The van der Waals surface area contributed by atoms with Crippen LogP contribution in [0.2, 0.25) is 0 Å². The van der Waals surface area contributed by atoms with Gasteiger partial charge >= 0.3 is 11.9 Å². The average molecular weight is 413 g/mol. The van der Waals surface area contributed by atoms with Gasteiger partial charge in [0, 0.05) is 18.7 Å². The lowest BCUT2D eigenvalue weighted by molar-refractivity contribution is -0.141. The molecule has 156 valence electrons. The summed E-state index contributed by atoms with van der Waals surface area (Å²) >= 11 is -2.44. The van der Waals surface area contributed by atoms with Crippen LogP contribution in [0, 0.1) is 5.41 Å². The van der Waals surface area contributed by atoms with Crippen molar-refractivity contribution in [3.63, 3.8) is 0 Å². The minimum absolute atomic E-state index is 0.0116. The number of nitrogens with zero attached hydrogens (tertiary/aromatic N) is 1. The predicted molar refractivity (Wildman–Crippen MR) is 107 cm³/mol. The molecule has 2 unspecified atom stereocenters. The van der Waals surface area contributed by atoms with Crippen LogP contribution in [-0.4, -0.2) is 48.4 Å². The van der Waals surface area contributed by atoms with Crippen LogP contribution < -0.4 is 4.74 Å². The first kappa shape index (κ1) is 23.9. The molecule has 2 atom stereocenters. The molecule has 0 saturated carbocycles. The summed E-state index contributed by atoms with van der Waals surface area (Å²) in [7, 11) is 0. The van der Waals surface area contributed by atoms with Crippen LogP contribution in [0.3, 0.4) is 0 Å². The summed E-state index contributed by atoms with van der Waals surface area (Å²) in [5.41, 5.74) is 1.30. The van der Waals surface area contributed by atoms with E-state index in [2.05, 4.69) is 0 Å². The lowest BCUT2D eigenvalue weighted by Gasteiger charge is -2.24. The highest BCUT2D eigenvalue weighted by Crippen LogP contribution is 2.16. The quantitative estimate of drug-likeness (QED) is 0.197. The van der Waals surface area contributed by atoms with Crippen molar-refractivity contribution in [1.82, 2.24) is 4.31 Å². The molecule has 0 aliphatic heterocycles. The second kappa shape index (κ2) is 12.4. The molecule has 0 saturated heterocycles. The summed E-state index contributed by atoms with van der Waals surface area (Å²) in [6, 6.07) is 5.61. The van der Waals surface area contributed by atoms with Crippen LogP contribution in [0.5, 0.6) is 5.75 Å². The Balaban J connectivity index is 2.55. The third-order valence-electron chi connectivity index (χ3n) is 4.09. The van der Waals surface area contributed by atoms with Crippen molar-refractivity contribution in [2.75, 3.05) is 6.54 Å². The number of hydrogen-bond acceptors (Lipinski definition) is 5. The fourth-order valence-electron chi connectivity index (χ4n) is 2.69. The smallest absolute Gasteiger partial charge is 0.322 e. The van der Waals surface area contributed by atoms with E-state index in [-0.39, 0.29) is 25.8 Å². The van der Waals surface area contributed by atoms with E-state index in [1.165, 1.54) is 0 Å². The molecule has 0 aromatic heterocycles. The Morgan fingerprint density at radius 1 is 1.18 bits per heavy atom. The zero-order valence-electron chi connectivity index (χ0n) is 16.2. The monoisotopic (exact) mass is 412 g/mol. The van der Waals surface area contributed by atoms with Gasteiger partial charge in [0.25, 0.3) is 0 Å². The Hall–Kier alpha value is -2.10. The number of esters is 1. The largest absolute Gasteiger partial charge is 0.480 e. The van der Waals surface area contributed by atoms with E-state index in [0.29, 0.717) is 24.3 Å². The molecule has 0 bridgehead atoms. The van der Waals surface area contributed by atoms with E-state index < -0.39 is 29.2 Å². The summed E-state index contributed by atoms with van der Waals surface area (Å²) in [5, 5.41) is 17.1. The number of aliphatic carboxylic acids is 1. The number of carbonyl (C=O) groups is 2. The van der Waals surface area contributed by atoms with Crippen LogP contribution in [0.15, 0.2) is 24.3 Å². The zero-order valence-corrected chi connectivity index (χ0v) is 17.0. The number of ether oxygens (including phenoxy) is 1. The topological polar surface area (TPSA) is 128 Å². The maximum Gasteiger partial charge on any atom is 0.322 e. The van der Waals surface area contributed by atoms with E-state index in [0.717, 1.165) is 16.3 Å². The molecule has 0 spiro atoms. The van der Waals surface area contributed by atoms with E-state index in [9.17, 15) is 23.5 Å². The maximum absolute atomic E-state index is 12.0. The Bertz CT molecular complexity index is 692. The fourth-order valence-corrected chi connectivity index (χ4v) is 3.39. The molecule has 9 heteroatoms. The third kappa shape index (κ3) is 7.87. The van der Waals surface area contributed by atoms with Gasteiger partial charge in [0.2, 0.25) is 11.3 Å². The van der Waals surface area contributed by atoms with E-state index in [1.54, 1.807) is 31.2 Å². The molecule has 8 nitrogen and oxygen atoms in total. The molecule has 0 fully saturated rings. The molecule has 0 aliphatic rings. The standard InChI is InChI=1S/C19H28N2O6S/c1-3-6-16(20)14-9-11-15(12-10-14)27-18(22)8-5-13-21(28(25)26)17(7-4-2)19(23)24/h9-12,17,20H,3-8,13H2,1-2H3,(H,23,24)(H,25,26). The van der Waals surface area contributed by atoms with Crippen molar-refractivity contribution in [3.8, 4) is 5.75 Å². The summed E-state index contributed by atoms with van der Waals surface area (Å²) in [6.07, 6.45) is 2.53. The van der Waals surface area contributed by atoms with Crippen LogP contribution >= 0.6 is 0 Å². The summed E-state index contributed by atoms with van der Waals surface area (Å²) in [6.45, 7) is 3.78. The van der Waals surface area contributed by atoms with Crippen molar-refractivity contribution >= 4 is 28.9 Å².